The van der Waals surface area contributed by atoms with Crippen molar-refractivity contribution >= 4 is 0 Å². The van der Waals surface area contributed by atoms with E-state index in [1.165, 1.54) is 17.7 Å². The highest BCUT2D eigenvalue weighted by atomic mass is 14.9. The summed E-state index contributed by atoms with van der Waals surface area (Å²) in [6.07, 6.45) is 7.84. The average Bonchev–Trinajstić information content (AvgIpc) is 2.14. The lowest BCUT2D eigenvalue weighted by Gasteiger charge is -2.68. The molecule has 0 atom stereocenters. The highest BCUT2D eigenvalue weighted by Gasteiger charge is 2.67. The summed E-state index contributed by atoms with van der Waals surface area (Å²) in [5.74, 6) is 0. The SMILES string of the molecule is CCCc1ccc(C23CC(N)(C2)C3)nc1. The third kappa shape index (κ3) is 1.24. The number of aryl methyl sites for hydroxylation is 1. The van der Waals surface area contributed by atoms with E-state index in [9.17, 15) is 0 Å². The van der Waals surface area contributed by atoms with Crippen LogP contribution in [0.2, 0.25) is 0 Å². The normalized spacial score (nSPS) is 36.9. The van der Waals surface area contributed by atoms with Gasteiger partial charge in [0.1, 0.15) is 0 Å². The number of nitrogens with two attached hydrogens (primary N) is 1. The summed E-state index contributed by atoms with van der Waals surface area (Å²) in [6.45, 7) is 2.20. The molecule has 0 radical (unpaired) electrons. The third-order valence-electron chi connectivity index (χ3n) is 3.98. The predicted octanol–water partition coefficient (Wildman–Crippen LogP) is 2.17. The molecule has 0 amide bonds. The second kappa shape index (κ2) is 2.82. The molecule has 2 bridgehead atoms. The van der Waals surface area contributed by atoms with Crippen LogP contribution in [0.15, 0.2) is 18.3 Å². The van der Waals surface area contributed by atoms with Gasteiger partial charge in [-0.2, -0.15) is 0 Å². The molecule has 1 heterocycles. The summed E-state index contributed by atoms with van der Waals surface area (Å²) in [5, 5.41) is 0. The number of nitrogens with zero attached hydrogens (tertiary/aromatic N) is 1. The van der Waals surface area contributed by atoms with Gasteiger partial charge in [-0.1, -0.05) is 19.4 Å². The monoisotopic (exact) mass is 202 g/mol. The first-order valence-electron chi connectivity index (χ1n) is 5.90. The molecular weight excluding hydrogens is 184 g/mol. The Morgan fingerprint density at radius 1 is 1.33 bits per heavy atom. The van der Waals surface area contributed by atoms with Crippen LogP contribution in [0.4, 0.5) is 0 Å². The van der Waals surface area contributed by atoms with Gasteiger partial charge in [0.15, 0.2) is 0 Å². The van der Waals surface area contributed by atoms with Crippen molar-refractivity contribution in [3.8, 4) is 0 Å². The smallest absolute Gasteiger partial charge is 0.0467 e. The lowest BCUT2D eigenvalue weighted by atomic mass is 9.39. The van der Waals surface area contributed by atoms with Crippen molar-refractivity contribution < 1.29 is 0 Å². The fourth-order valence-corrected chi connectivity index (χ4v) is 3.31. The molecule has 2 N–H and O–H groups in total. The van der Waals surface area contributed by atoms with Gasteiger partial charge in [0, 0.05) is 22.8 Å². The molecule has 4 rings (SSSR count). The zero-order valence-electron chi connectivity index (χ0n) is 9.29. The molecule has 2 heteroatoms. The fourth-order valence-electron chi connectivity index (χ4n) is 3.31. The highest BCUT2D eigenvalue weighted by molar-refractivity contribution is 5.38. The van der Waals surface area contributed by atoms with Gasteiger partial charge < -0.3 is 5.73 Å². The highest BCUT2D eigenvalue weighted by Crippen LogP contribution is 2.65. The zero-order valence-corrected chi connectivity index (χ0v) is 9.29. The summed E-state index contributed by atoms with van der Waals surface area (Å²) in [6, 6.07) is 4.44. The summed E-state index contributed by atoms with van der Waals surface area (Å²) < 4.78 is 0. The molecule has 2 nitrogen and oxygen atoms in total. The summed E-state index contributed by atoms with van der Waals surface area (Å²) in [5.41, 5.74) is 9.25. The van der Waals surface area contributed by atoms with E-state index in [2.05, 4.69) is 24.0 Å². The molecule has 80 valence electrons. The minimum absolute atomic E-state index is 0.184. The van der Waals surface area contributed by atoms with Gasteiger partial charge in [0.05, 0.1) is 0 Å². The molecule has 3 aliphatic rings. The van der Waals surface area contributed by atoms with Crippen LogP contribution in [-0.4, -0.2) is 10.5 Å². The van der Waals surface area contributed by atoms with Crippen LogP contribution in [-0.2, 0) is 11.8 Å². The Morgan fingerprint density at radius 3 is 2.53 bits per heavy atom. The van der Waals surface area contributed by atoms with E-state index in [-0.39, 0.29) is 5.54 Å². The van der Waals surface area contributed by atoms with Gasteiger partial charge in [-0.25, -0.2) is 0 Å². The first-order valence-corrected chi connectivity index (χ1v) is 5.90. The van der Waals surface area contributed by atoms with Crippen molar-refractivity contribution in [3.63, 3.8) is 0 Å². The molecule has 0 aliphatic heterocycles. The summed E-state index contributed by atoms with van der Waals surface area (Å²) in [4.78, 5) is 4.60. The molecule has 3 aliphatic carbocycles. The minimum atomic E-state index is 0.184. The second-order valence-corrected chi connectivity index (χ2v) is 5.47. The molecule has 3 saturated carbocycles. The van der Waals surface area contributed by atoms with Crippen molar-refractivity contribution in [1.82, 2.24) is 4.98 Å². The Labute approximate surface area is 90.9 Å². The van der Waals surface area contributed by atoms with E-state index in [4.69, 9.17) is 5.73 Å². The van der Waals surface area contributed by atoms with E-state index in [1.54, 1.807) is 0 Å². The number of rotatable bonds is 3. The lowest BCUT2D eigenvalue weighted by Crippen LogP contribution is -2.74. The number of pyridine rings is 1. The maximum absolute atomic E-state index is 6.06. The number of aromatic nitrogens is 1. The standard InChI is InChI=1S/C13H18N2/c1-2-3-10-4-5-11(15-6-10)12-7-13(14,8-12)9-12/h4-6H,2-3,7-9,14H2,1H3. The van der Waals surface area contributed by atoms with Gasteiger partial charge >= 0.3 is 0 Å². The minimum Gasteiger partial charge on any atom is -0.325 e. The van der Waals surface area contributed by atoms with Gasteiger partial charge in [-0.3, -0.25) is 4.98 Å². The van der Waals surface area contributed by atoms with E-state index in [1.807, 2.05) is 6.20 Å². The third-order valence-corrected chi connectivity index (χ3v) is 3.98. The van der Waals surface area contributed by atoms with Crippen LogP contribution in [0.5, 0.6) is 0 Å². The van der Waals surface area contributed by atoms with Crippen LogP contribution in [0.25, 0.3) is 0 Å². The molecule has 0 unspecified atom stereocenters. The Hall–Kier alpha value is -0.890. The van der Waals surface area contributed by atoms with Crippen molar-refractivity contribution in [2.24, 2.45) is 5.73 Å². The van der Waals surface area contributed by atoms with Crippen LogP contribution in [0.1, 0.15) is 43.9 Å². The molecule has 1 aromatic heterocycles. The van der Waals surface area contributed by atoms with Crippen LogP contribution in [0.3, 0.4) is 0 Å². The van der Waals surface area contributed by atoms with Crippen LogP contribution in [0, 0.1) is 0 Å². The van der Waals surface area contributed by atoms with Crippen molar-refractivity contribution in [2.75, 3.05) is 0 Å². The summed E-state index contributed by atoms with van der Waals surface area (Å²) in [7, 11) is 0. The number of hydrogen-bond donors (Lipinski definition) is 1. The maximum atomic E-state index is 6.06. The fraction of sp³-hybridized carbons (Fsp3) is 0.615. The zero-order chi connectivity index (χ0) is 10.5. The predicted molar refractivity (Wildman–Crippen MR) is 60.7 cm³/mol. The van der Waals surface area contributed by atoms with E-state index >= 15 is 0 Å². The van der Waals surface area contributed by atoms with Crippen molar-refractivity contribution in [1.29, 1.82) is 0 Å². The van der Waals surface area contributed by atoms with Gasteiger partial charge in [-0.15, -0.1) is 0 Å². The maximum Gasteiger partial charge on any atom is 0.0467 e. The van der Waals surface area contributed by atoms with Crippen molar-refractivity contribution in [2.45, 2.75) is 50.0 Å². The molecule has 0 saturated heterocycles. The van der Waals surface area contributed by atoms with Crippen molar-refractivity contribution in [3.05, 3.63) is 29.6 Å². The molecular formula is C13H18N2. The van der Waals surface area contributed by atoms with E-state index in [0.29, 0.717) is 5.41 Å². The van der Waals surface area contributed by atoms with E-state index in [0.717, 1.165) is 25.7 Å². The Morgan fingerprint density at radius 2 is 2.07 bits per heavy atom. The van der Waals surface area contributed by atoms with Crippen LogP contribution >= 0.6 is 0 Å². The largest absolute Gasteiger partial charge is 0.325 e. The Kier molecular flexibility index (Phi) is 1.76. The van der Waals surface area contributed by atoms with Gasteiger partial charge in [-0.05, 0) is 37.3 Å². The first kappa shape index (κ1) is 9.34. The Balaban J connectivity index is 1.77. The molecule has 0 aromatic carbocycles. The quantitative estimate of drug-likeness (QED) is 0.815. The van der Waals surface area contributed by atoms with Gasteiger partial charge in [0.2, 0.25) is 0 Å². The summed E-state index contributed by atoms with van der Waals surface area (Å²) >= 11 is 0. The van der Waals surface area contributed by atoms with Crippen LogP contribution < -0.4 is 5.73 Å². The first-order chi connectivity index (χ1) is 7.16. The molecule has 15 heavy (non-hydrogen) atoms. The number of hydrogen-bond acceptors (Lipinski definition) is 2. The molecule has 0 spiro atoms. The second-order valence-electron chi connectivity index (χ2n) is 5.47. The van der Waals surface area contributed by atoms with E-state index < -0.39 is 0 Å². The van der Waals surface area contributed by atoms with Gasteiger partial charge in [0.25, 0.3) is 0 Å². The lowest BCUT2D eigenvalue weighted by molar-refractivity contribution is -0.0620. The topological polar surface area (TPSA) is 38.9 Å². The average molecular weight is 202 g/mol. The molecule has 1 aromatic rings. The molecule has 3 fully saturated rings. The Bertz CT molecular complexity index is 360.